The molecule has 1 aliphatic rings. The number of hydrogen-bond acceptors (Lipinski definition) is 1. The Labute approximate surface area is 101 Å². The molecular formula is C12H11F4NO. The van der Waals surface area contributed by atoms with Gasteiger partial charge >= 0.3 is 0 Å². The first-order chi connectivity index (χ1) is 8.50. The predicted molar refractivity (Wildman–Crippen MR) is 56.0 cm³/mol. The Kier molecular flexibility index (Phi) is 3.54. The van der Waals surface area contributed by atoms with Gasteiger partial charge in [0, 0.05) is 6.04 Å². The summed E-state index contributed by atoms with van der Waals surface area (Å²) in [5.74, 6) is -8.04. The minimum absolute atomic E-state index is 0.118. The summed E-state index contributed by atoms with van der Waals surface area (Å²) in [7, 11) is 0. The molecule has 18 heavy (non-hydrogen) atoms. The van der Waals surface area contributed by atoms with Gasteiger partial charge < -0.3 is 5.32 Å². The lowest BCUT2D eigenvalue weighted by Crippen LogP contribution is -2.33. The summed E-state index contributed by atoms with van der Waals surface area (Å²) in [6.07, 6.45) is 3.39. The van der Waals surface area contributed by atoms with E-state index < -0.39 is 34.7 Å². The van der Waals surface area contributed by atoms with Gasteiger partial charge in [0.05, 0.1) is 5.56 Å². The van der Waals surface area contributed by atoms with E-state index in [1.165, 1.54) is 0 Å². The molecular weight excluding hydrogens is 250 g/mol. The molecule has 0 bridgehead atoms. The molecule has 1 saturated carbocycles. The van der Waals surface area contributed by atoms with Crippen LogP contribution in [0.5, 0.6) is 0 Å². The SMILES string of the molecule is O=C(NC1CCCC1)c1cc(F)c(F)c(F)c1F. The second kappa shape index (κ2) is 4.96. The highest BCUT2D eigenvalue weighted by atomic mass is 19.2. The van der Waals surface area contributed by atoms with Crippen LogP contribution in [0.2, 0.25) is 0 Å². The molecule has 1 aromatic rings. The number of amides is 1. The third kappa shape index (κ3) is 2.32. The van der Waals surface area contributed by atoms with Crippen LogP contribution in [0.4, 0.5) is 17.6 Å². The Bertz CT molecular complexity index is 483. The maximum atomic E-state index is 13.3. The molecule has 1 aromatic carbocycles. The highest BCUT2D eigenvalue weighted by molar-refractivity contribution is 5.94. The molecule has 0 aromatic heterocycles. The van der Waals surface area contributed by atoms with Crippen LogP contribution in [0.1, 0.15) is 36.0 Å². The molecule has 1 fully saturated rings. The third-order valence-corrected chi connectivity index (χ3v) is 3.04. The van der Waals surface area contributed by atoms with Gasteiger partial charge in [-0.25, -0.2) is 17.6 Å². The quantitative estimate of drug-likeness (QED) is 0.495. The largest absolute Gasteiger partial charge is 0.349 e. The van der Waals surface area contributed by atoms with E-state index in [1.807, 2.05) is 0 Å². The summed E-state index contributed by atoms with van der Waals surface area (Å²) in [6, 6.07) is 0.256. The van der Waals surface area contributed by atoms with E-state index in [0.29, 0.717) is 6.07 Å². The lowest BCUT2D eigenvalue weighted by atomic mass is 10.1. The van der Waals surface area contributed by atoms with E-state index in [2.05, 4.69) is 5.32 Å². The lowest BCUT2D eigenvalue weighted by Gasteiger charge is -2.12. The van der Waals surface area contributed by atoms with E-state index in [1.54, 1.807) is 0 Å². The number of carbonyl (C=O) groups excluding carboxylic acids is 1. The monoisotopic (exact) mass is 261 g/mol. The number of benzene rings is 1. The molecule has 1 amide bonds. The van der Waals surface area contributed by atoms with Gasteiger partial charge in [0.15, 0.2) is 23.3 Å². The van der Waals surface area contributed by atoms with Crippen LogP contribution in [0.3, 0.4) is 0 Å². The van der Waals surface area contributed by atoms with E-state index >= 15 is 0 Å². The topological polar surface area (TPSA) is 29.1 Å². The van der Waals surface area contributed by atoms with Gasteiger partial charge in [-0.3, -0.25) is 4.79 Å². The normalized spacial score (nSPS) is 16.0. The van der Waals surface area contributed by atoms with Gasteiger partial charge in [-0.05, 0) is 18.9 Å². The van der Waals surface area contributed by atoms with Gasteiger partial charge in [-0.2, -0.15) is 0 Å². The molecule has 0 radical (unpaired) electrons. The maximum Gasteiger partial charge on any atom is 0.254 e. The third-order valence-electron chi connectivity index (χ3n) is 3.04. The first-order valence-electron chi connectivity index (χ1n) is 5.64. The van der Waals surface area contributed by atoms with Crippen LogP contribution >= 0.6 is 0 Å². The molecule has 0 atom stereocenters. The first kappa shape index (κ1) is 12.9. The summed E-state index contributed by atoms with van der Waals surface area (Å²) < 4.78 is 51.9. The molecule has 1 aliphatic carbocycles. The Balaban J connectivity index is 2.24. The minimum atomic E-state index is -1.97. The summed E-state index contributed by atoms with van der Waals surface area (Å²) >= 11 is 0. The van der Waals surface area contributed by atoms with Crippen molar-refractivity contribution in [2.75, 3.05) is 0 Å². The average molecular weight is 261 g/mol. The van der Waals surface area contributed by atoms with Gasteiger partial charge in [0.25, 0.3) is 5.91 Å². The van der Waals surface area contributed by atoms with Crippen LogP contribution < -0.4 is 5.32 Å². The van der Waals surface area contributed by atoms with E-state index in [9.17, 15) is 22.4 Å². The molecule has 2 rings (SSSR count). The number of nitrogens with one attached hydrogen (secondary N) is 1. The van der Waals surface area contributed by atoms with Gasteiger partial charge in [-0.1, -0.05) is 12.8 Å². The van der Waals surface area contributed by atoms with Crippen molar-refractivity contribution in [2.24, 2.45) is 0 Å². The zero-order valence-corrected chi connectivity index (χ0v) is 9.40. The molecule has 98 valence electrons. The Hall–Kier alpha value is -1.59. The van der Waals surface area contributed by atoms with Gasteiger partial charge in [0.1, 0.15) is 0 Å². The van der Waals surface area contributed by atoms with Crippen LogP contribution in [-0.2, 0) is 0 Å². The summed E-state index contributed by atoms with van der Waals surface area (Å²) in [4.78, 5) is 11.6. The Morgan fingerprint density at radius 1 is 1.06 bits per heavy atom. The summed E-state index contributed by atoms with van der Waals surface area (Å²) in [6.45, 7) is 0. The highest BCUT2D eigenvalue weighted by Crippen LogP contribution is 2.21. The van der Waals surface area contributed by atoms with Crippen molar-refractivity contribution >= 4 is 5.91 Å². The first-order valence-corrected chi connectivity index (χ1v) is 5.64. The van der Waals surface area contributed by atoms with Crippen molar-refractivity contribution in [1.82, 2.24) is 5.32 Å². The lowest BCUT2D eigenvalue weighted by molar-refractivity contribution is 0.0931. The fourth-order valence-electron chi connectivity index (χ4n) is 2.07. The van der Waals surface area contributed by atoms with Crippen molar-refractivity contribution in [3.8, 4) is 0 Å². The Morgan fingerprint density at radius 2 is 1.67 bits per heavy atom. The molecule has 0 saturated heterocycles. The van der Waals surface area contributed by atoms with Crippen molar-refractivity contribution in [3.05, 3.63) is 34.9 Å². The van der Waals surface area contributed by atoms with Gasteiger partial charge in [-0.15, -0.1) is 0 Å². The molecule has 0 unspecified atom stereocenters. The standard InChI is InChI=1S/C12H11F4NO/c13-8-5-7(9(14)11(16)10(8)15)12(18)17-6-3-1-2-4-6/h5-6H,1-4H2,(H,17,18). The maximum absolute atomic E-state index is 13.3. The number of carbonyl (C=O) groups is 1. The van der Waals surface area contributed by atoms with Crippen molar-refractivity contribution in [1.29, 1.82) is 0 Å². The Morgan fingerprint density at radius 3 is 2.28 bits per heavy atom. The molecule has 0 heterocycles. The van der Waals surface area contributed by atoms with Crippen LogP contribution in [-0.4, -0.2) is 11.9 Å². The number of halogens is 4. The average Bonchev–Trinajstić information content (AvgIpc) is 2.83. The fourth-order valence-corrected chi connectivity index (χ4v) is 2.07. The van der Waals surface area contributed by atoms with Crippen molar-refractivity contribution in [3.63, 3.8) is 0 Å². The number of rotatable bonds is 2. The van der Waals surface area contributed by atoms with Crippen LogP contribution in [0.25, 0.3) is 0 Å². The van der Waals surface area contributed by atoms with E-state index in [4.69, 9.17) is 0 Å². The van der Waals surface area contributed by atoms with E-state index in [-0.39, 0.29) is 6.04 Å². The van der Waals surface area contributed by atoms with Crippen LogP contribution in [0.15, 0.2) is 6.07 Å². The molecule has 1 N–H and O–H groups in total. The minimum Gasteiger partial charge on any atom is -0.349 e. The van der Waals surface area contributed by atoms with Gasteiger partial charge in [0.2, 0.25) is 0 Å². The second-order valence-electron chi connectivity index (χ2n) is 4.30. The zero-order valence-electron chi connectivity index (χ0n) is 9.40. The second-order valence-corrected chi connectivity index (χ2v) is 4.30. The summed E-state index contributed by atoms with van der Waals surface area (Å²) in [5.41, 5.74) is -0.807. The molecule has 2 nitrogen and oxygen atoms in total. The van der Waals surface area contributed by atoms with Crippen molar-refractivity contribution < 1.29 is 22.4 Å². The molecule has 0 aliphatic heterocycles. The predicted octanol–water partition coefficient (Wildman–Crippen LogP) is 2.92. The van der Waals surface area contributed by atoms with E-state index in [0.717, 1.165) is 25.7 Å². The molecule has 6 heteroatoms. The molecule has 0 spiro atoms. The highest BCUT2D eigenvalue weighted by Gasteiger charge is 2.25. The van der Waals surface area contributed by atoms with Crippen LogP contribution in [0, 0.1) is 23.3 Å². The summed E-state index contributed by atoms with van der Waals surface area (Å²) in [5, 5.41) is 2.48. The fraction of sp³-hybridized carbons (Fsp3) is 0.417. The smallest absolute Gasteiger partial charge is 0.254 e. The van der Waals surface area contributed by atoms with Crippen molar-refractivity contribution in [2.45, 2.75) is 31.7 Å². The number of hydrogen-bond donors (Lipinski definition) is 1. The zero-order chi connectivity index (χ0) is 13.3.